The van der Waals surface area contributed by atoms with Crippen LogP contribution in [-0.4, -0.2) is 17.1 Å². The Morgan fingerprint density at radius 2 is 1.68 bits per heavy atom. The molecule has 0 saturated carbocycles. The van der Waals surface area contributed by atoms with E-state index in [1.807, 2.05) is 97.1 Å². The predicted molar refractivity (Wildman–Crippen MR) is 184 cm³/mol. The predicted octanol–water partition coefficient (Wildman–Crippen LogP) is 6.51. The quantitative estimate of drug-likeness (QED) is 0.172. The largest absolute Gasteiger partial charge is 0.488 e. The van der Waals surface area contributed by atoms with Gasteiger partial charge in [-0.05, 0) is 53.8 Å². The number of benzene rings is 4. The van der Waals surface area contributed by atoms with Gasteiger partial charge in [0.1, 0.15) is 12.4 Å². The fraction of sp³-hybridized carbons (Fsp3) is 0.179. The molecule has 1 atom stereocenters. The highest BCUT2D eigenvalue weighted by molar-refractivity contribution is 7.07. The molecule has 234 valence electrons. The third kappa shape index (κ3) is 6.57. The van der Waals surface area contributed by atoms with E-state index in [0.29, 0.717) is 44.4 Å². The van der Waals surface area contributed by atoms with Gasteiger partial charge in [0.25, 0.3) is 5.56 Å². The van der Waals surface area contributed by atoms with Crippen LogP contribution in [0.3, 0.4) is 0 Å². The van der Waals surface area contributed by atoms with Crippen LogP contribution in [0.1, 0.15) is 66.1 Å². The molecule has 0 fully saturated rings. The van der Waals surface area contributed by atoms with Crippen molar-refractivity contribution in [2.24, 2.45) is 4.99 Å². The van der Waals surface area contributed by atoms with Crippen molar-refractivity contribution in [3.05, 3.63) is 162 Å². The zero-order chi connectivity index (χ0) is 32.9. The van der Waals surface area contributed by atoms with E-state index in [1.54, 1.807) is 23.6 Å². The van der Waals surface area contributed by atoms with Crippen molar-refractivity contribution in [2.75, 3.05) is 6.61 Å². The van der Waals surface area contributed by atoms with Crippen LogP contribution in [0.4, 0.5) is 0 Å². The van der Waals surface area contributed by atoms with E-state index in [4.69, 9.17) is 19.7 Å². The topological polar surface area (TPSA) is 93.7 Å². The Bertz CT molecular complexity index is 2170. The Hall–Kier alpha value is -5.52. The van der Waals surface area contributed by atoms with E-state index in [1.165, 1.54) is 11.3 Å². The normalized spacial score (nSPS) is 14.4. The number of hydrogen-bond acceptors (Lipinski definition) is 7. The standard InChI is InChI=1S/C39H33N3O4S/c1-4-45-38(44)34-35(29-10-6-5-7-11-29)41-39-42(36(34)30-20-18-28(19-21-30)25(2)3)37(43)33(47-39)22-31-12-8-9-13-32(31)46-24-27-16-14-26(23-40)15-17-27/h5-22,25,36H,4,24H2,1-3H3/b33-22-/t36-/m1/s1. The molecular formula is C39H33N3O4S. The number of ether oxygens (including phenoxy) is 2. The molecule has 0 radical (unpaired) electrons. The van der Waals surface area contributed by atoms with E-state index in [0.717, 1.165) is 27.8 Å². The molecule has 1 aliphatic rings. The van der Waals surface area contributed by atoms with E-state index < -0.39 is 12.0 Å². The first-order valence-corrected chi connectivity index (χ1v) is 16.3. The molecule has 0 spiro atoms. The molecule has 0 bridgehead atoms. The molecule has 5 aromatic rings. The van der Waals surface area contributed by atoms with Gasteiger partial charge in [-0.2, -0.15) is 5.26 Å². The third-order valence-corrected chi connectivity index (χ3v) is 8.96. The second-order valence-electron chi connectivity index (χ2n) is 11.4. The van der Waals surface area contributed by atoms with Crippen LogP contribution in [0.5, 0.6) is 5.75 Å². The average Bonchev–Trinajstić information content (AvgIpc) is 3.41. The van der Waals surface area contributed by atoms with E-state index in [9.17, 15) is 9.59 Å². The van der Waals surface area contributed by atoms with E-state index >= 15 is 0 Å². The smallest absolute Gasteiger partial charge is 0.338 e. The van der Waals surface area contributed by atoms with Crippen molar-refractivity contribution in [3.8, 4) is 11.8 Å². The molecule has 0 aliphatic carbocycles. The molecular weight excluding hydrogens is 607 g/mol. The van der Waals surface area contributed by atoms with Crippen molar-refractivity contribution in [1.82, 2.24) is 4.57 Å². The van der Waals surface area contributed by atoms with Gasteiger partial charge in [0.2, 0.25) is 0 Å². The number of carbonyl (C=O) groups is 1. The second kappa shape index (κ2) is 13.9. The lowest BCUT2D eigenvalue weighted by molar-refractivity contribution is -0.138. The molecule has 47 heavy (non-hydrogen) atoms. The summed E-state index contributed by atoms with van der Waals surface area (Å²) in [5, 5.41) is 9.10. The van der Waals surface area contributed by atoms with Crippen LogP contribution in [0.2, 0.25) is 0 Å². The second-order valence-corrected chi connectivity index (χ2v) is 12.4. The average molecular weight is 640 g/mol. The van der Waals surface area contributed by atoms with Crippen LogP contribution in [0.15, 0.2) is 118 Å². The van der Waals surface area contributed by atoms with Gasteiger partial charge in [-0.25, -0.2) is 9.79 Å². The van der Waals surface area contributed by atoms with Crippen LogP contribution in [0, 0.1) is 11.3 Å². The minimum Gasteiger partial charge on any atom is -0.488 e. The maximum absolute atomic E-state index is 14.3. The highest BCUT2D eigenvalue weighted by Gasteiger charge is 2.35. The summed E-state index contributed by atoms with van der Waals surface area (Å²) < 4.78 is 13.8. The maximum atomic E-state index is 14.3. The lowest BCUT2D eigenvalue weighted by Crippen LogP contribution is -2.40. The first-order valence-electron chi connectivity index (χ1n) is 15.5. The minimum absolute atomic E-state index is 0.188. The molecule has 0 unspecified atom stereocenters. The number of fused-ring (bicyclic) bond motifs is 1. The summed E-state index contributed by atoms with van der Waals surface area (Å²) in [5.74, 6) is 0.426. The highest BCUT2D eigenvalue weighted by atomic mass is 32.1. The Balaban J connectivity index is 1.50. The number of carbonyl (C=O) groups excluding carboxylic acids is 1. The number of esters is 1. The lowest BCUT2D eigenvalue weighted by Gasteiger charge is -2.26. The zero-order valence-corrected chi connectivity index (χ0v) is 27.2. The van der Waals surface area contributed by atoms with Gasteiger partial charge in [-0.15, -0.1) is 0 Å². The SMILES string of the molecule is CCOC(=O)C1=C(c2ccccc2)N=c2s/c(=C\c3ccccc3OCc3ccc(C#N)cc3)c(=O)n2[C@@H]1c1ccc(C(C)C)cc1. The van der Waals surface area contributed by atoms with Crippen LogP contribution in [-0.2, 0) is 16.1 Å². The van der Waals surface area contributed by atoms with E-state index in [2.05, 4.69) is 19.9 Å². The molecule has 4 aromatic carbocycles. The van der Waals surface area contributed by atoms with Gasteiger partial charge in [0.15, 0.2) is 4.80 Å². The highest BCUT2D eigenvalue weighted by Crippen LogP contribution is 2.35. The summed E-state index contributed by atoms with van der Waals surface area (Å²) in [6, 6.07) is 33.7. The fourth-order valence-corrected chi connectivity index (χ4v) is 6.52. The molecule has 7 nitrogen and oxygen atoms in total. The number of hydrogen-bond donors (Lipinski definition) is 0. The fourth-order valence-electron chi connectivity index (χ4n) is 5.53. The van der Waals surface area contributed by atoms with Gasteiger partial charge in [0.05, 0.1) is 40.1 Å². The van der Waals surface area contributed by atoms with Crippen molar-refractivity contribution >= 4 is 29.1 Å². The Morgan fingerprint density at radius 3 is 2.36 bits per heavy atom. The van der Waals surface area contributed by atoms with Crippen molar-refractivity contribution in [3.63, 3.8) is 0 Å². The van der Waals surface area contributed by atoms with Gasteiger partial charge in [-0.3, -0.25) is 9.36 Å². The Morgan fingerprint density at radius 1 is 0.979 bits per heavy atom. The van der Waals surface area contributed by atoms with Gasteiger partial charge < -0.3 is 9.47 Å². The van der Waals surface area contributed by atoms with Crippen molar-refractivity contribution in [2.45, 2.75) is 39.3 Å². The first-order chi connectivity index (χ1) is 22.9. The minimum atomic E-state index is -0.744. The molecule has 8 heteroatoms. The van der Waals surface area contributed by atoms with Gasteiger partial charge in [0, 0.05) is 11.1 Å². The molecule has 1 aromatic heterocycles. The Kier molecular flexibility index (Phi) is 9.28. The maximum Gasteiger partial charge on any atom is 0.338 e. The summed E-state index contributed by atoms with van der Waals surface area (Å²) in [6.45, 7) is 6.51. The van der Waals surface area contributed by atoms with Crippen molar-refractivity contribution in [1.29, 1.82) is 5.26 Å². The summed E-state index contributed by atoms with van der Waals surface area (Å²) in [4.78, 5) is 33.5. The molecule has 0 saturated heterocycles. The Labute approximate surface area is 277 Å². The van der Waals surface area contributed by atoms with Crippen LogP contribution < -0.4 is 19.6 Å². The summed E-state index contributed by atoms with van der Waals surface area (Å²) in [6.07, 6.45) is 1.81. The van der Waals surface area contributed by atoms with Crippen LogP contribution in [0.25, 0.3) is 11.8 Å². The molecule has 2 heterocycles. The third-order valence-electron chi connectivity index (χ3n) is 7.98. The zero-order valence-electron chi connectivity index (χ0n) is 26.3. The molecule has 1 aliphatic heterocycles. The number of nitriles is 1. The van der Waals surface area contributed by atoms with E-state index in [-0.39, 0.29) is 12.2 Å². The monoisotopic (exact) mass is 639 g/mol. The first kappa shape index (κ1) is 31.5. The number of thiazole rings is 1. The van der Waals surface area contributed by atoms with Crippen molar-refractivity contribution < 1.29 is 14.3 Å². The summed E-state index contributed by atoms with van der Waals surface area (Å²) in [7, 11) is 0. The molecule has 0 N–H and O–H groups in total. The molecule has 0 amide bonds. The number of rotatable bonds is 9. The van der Waals surface area contributed by atoms with Crippen LogP contribution >= 0.6 is 11.3 Å². The summed E-state index contributed by atoms with van der Waals surface area (Å²) in [5.41, 5.74) is 5.49. The van der Waals surface area contributed by atoms with Gasteiger partial charge >= 0.3 is 5.97 Å². The summed E-state index contributed by atoms with van der Waals surface area (Å²) >= 11 is 1.27. The number of nitrogens with zero attached hydrogens (tertiary/aromatic N) is 3. The lowest BCUT2D eigenvalue weighted by atomic mass is 9.91. The molecule has 6 rings (SSSR count). The number of para-hydroxylation sites is 1. The van der Waals surface area contributed by atoms with Gasteiger partial charge in [-0.1, -0.05) is 110 Å². The number of aromatic nitrogens is 1.